The van der Waals surface area contributed by atoms with E-state index in [-0.39, 0.29) is 11.9 Å². The van der Waals surface area contributed by atoms with Crippen LogP contribution in [0.2, 0.25) is 0 Å². The number of rotatable bonds is 5. The van der Waals surface area contributed by atoms with Gasteiger partial charge in [-0.05, 0) is 24.9 Å². The van der Waals surface area contributed by atoms with Gasteiger partial charge in [-0.25, -0.2) is 9.59 Å². The molecule has 10 heteroatoms. The Hall–Kier alpha value is -2.62. The minimum absolute atomic E-state index is 0.131. The van der Waals surface area contributed by atoms with Gasteiger partial charge in [0.1, 0.15) is 6.04 Å². The summed E-state index contributed by atoms with van der Waals surface area (Å²) in [5.74, 6) is -3.30. The molecule has 0 bridgehead atoms. The minimum atomic E-state index is -5.08. The van der Waals surface area contributed by atoms with E-state index in [1.165, 1.54) is 7.11 Å². The van der Waals surface area contributed by atoms with Crippen LogP contribution in [0, 0.1) is 0 Å². The first kappa shape index (κ1) is 22.4. The van der Waals surface area contributed by atoms with Crippen LogP contribution in [0.5, 0.6) is 0 Å². The lowest BCUT2D eigenvalue weighted by atomic mass is 10.1. The number of carbonyl (C=O) groups is 3. The number of aliphatic carboxylic acids is 1. The van der Waals surface area contributed by atoms with Crippen molar-refractivity contribution >= 4 is 17.8 Å². The molecule has 2 rings (SSSR count). The second-order valence-electron chi connectivity index (χ2n) is 5.73. The fourth-order valence-electron chi connectivity index (χ4n) is 2.37. The van der Waals surface area contributed by atoms with Gasteiger partial charge in [-0.15, -0.1) is 0 Å². The van der Waals surface area contributed by atoms with Crippen molar-refractivity contribution < 1.29 is 37.4 Å². The SMILES string of the molecule is COC(=O)[C@H](Cc1ccccc1)NC(=O)[C@@H]1CCCN1.O=C(O)C(F)(F)F. The zero-order valence-electron chi connectivity index (χ0n) is 14.6. The number of ether oxygens (including phenoxy) is 1. The number of hydrogen-bond acceptors (Lipinski definition) is 5. The number of carboxylic acids is 1. The number of hydrogen-bond donors (Lipinski definition) is 3. The fourth-order valence-corrected chi connectivity index (χ4v) is 2.37. The van der Waals surface area contributed by atoms with Gasteiger partial charge in [0, 0.05) is 6.42 Å². The second-order valence-corrected chi connectivity index (χ2v) is 5.73. The van der Waals surface area contributed by atoms with Crippen molar-refractivity contribution in [2.75, 3.05) is 13.7 Å². The molecule has 1 aromatic rings. The lowest BCUT2D eigenvalue weighted by Gasteiger charge is -2.19. The van der Waals surface area contributed by atoms with Crippen molar-refractivity contribution in [2.45, 2.75) is 37.5 Å². The molecular formula is C17H21F3N2O5. The molecule has 0 spiro atoms. The van der Waals surface area contributed by atoms with Gasteiger partial charge >= 0.3 is 18.1 Å². The maximum Gasteiger partial charge on any atom is 0.490 e. The lowest BCUT2D eigenvalue weighted by Crippen LogP contribution is -2.49. The highest BCUT2D eigenvalue weighted by Gasteiger charge is 2.38. The summed E-state index contributed by atoms with van der Waals surface area (Å²) in [6.07, 6.45) is -2.85. The Bertz CT molecular complexity index is 631. The van der Waals surface area contributed by atoms with Crippen molar-refractivity contribution in [3.63, 3.8) is 0 Å². The molecule has 1 aromatic carbocycles. The summed E-state index contributed by atoms with van der Waals surface area (Å²) in [5.41, 5.74) is 0.989. The van der Waals surface area contributed by atoms with Crippen molar-refractivity contribution in [1.29, 1.82) is 0 Å². The van der Waals surface area contributed by atoms with Gasteiger partial charge in [0.2, 0.25) is 5.91 Å². The van der Waals surface area contributed by atoms with E-state index >= 15 is 0 Å². The molecule has 1 fully saturated rings. The number of halogens is 3. The fraction of sp³-hybridized carbons (Fsp3) is 0.471. The largest absolute Gasteiger partial charge is 0.490 e. The van der Waals surface area contributed by atoms with Crippen LogP contribution in [0.3, 0.4) is 0 Å². The summed E-state index contributed by atoms with van der Waals surface area (Å²) in [6, 6.07) is 8.74. The van der Waals surface area contributed by atoms with Gasteiger partial charge in [0.05, 0.1) is 13.2 Å². The number of esters is 1. The summed E-state index contributed by atoms with van der Waals surface area (Å²) < 4.78 is 36.5. The van der Waals surface area contributed by atoms with Crippen molar-refractivity contribution in [2.24, 2.45) is 0 Å². The quantitative estimate of drug-likeness (QED) is 0.654. The van der Waals surface area contributed by atoms with Crippen molar-refractivity contribution in [1.82, 2.24) is 10.6 Å². The topological polar surface area (TPSA) is 105 Å². The minimum Gasteiger partial charge on any atom is -0.475 e. The molecule has 1 aliphatic heterocycles. The van der Waals surface area contributed by atoms with E-state index in [0.717, 1.165) is 24.9 Å². The Labute approximate surface area is 153 Å². The van der Waals surface area contributed by atoms with Gasteiger partial charge in [-0.1, -0.05) is 30.3 Å². The van der Waals surface area contributed by atoms with Crippen molar-refractivity contribution in [3.05, 3.63) is 35.9 Å². The average Bonchev–Trinajstić information content (AvgIpc) is 3.16. The number of carboxylic acid groups (broad SMARTS) is 1. The third-order valence-corrected chi connectivity index (χ3v) is 3.70. The van der Waals surface area contributed by atoms with E-state index in [2.05, 4.69) is 10.6 Å². The van der Waals surface area contributed by atoms with E-state index in [9.17, 15) is 22.8 Å². The standard InChI is InChI=1S/C15H20N2O3.C2HF3O2/c1-20-15(19)13(10-11-6-3-2-4-7-11)17-14(18)12-8-5-9-16-12;3-2(4,5)1(6)7/h2-4,6-7,12-13,16H,5,8-10H2,1H3,(H,17,18);(H,6,7)/t12-,13-;/m0./s1. The van der Waals surface area contributed by atoms with E-state index in [1.807, 2.05) is 30.3 Å². The number of carbonyl (C=O) groups excluding carboxylic acids is 2. The molecule has 0 radical (unpaired) electrons. The second kappa shape index (κ2) is 10.5. The molecule has 1 aliphatic rings. The zero-order chi connectivity index (χ0) is 20.4. The number of nitrogens with one attached hydrogen (secondary N) is 2. The average molecular weight is 390 g/mol. The predicted molar refractivity (Wildman–Crippen MR) is 88.8 cm³/mol. The van der Waals surface area contributed by atoms with Crippen LogP contribution in [0.4, 0.5) is 13.2 Å². The molecule has 1 amide bonds. The molecule has 2 atom stereocenters. The maximum absolute atomic E-state index is 12.1. The molecule has 0 unspecified atom stereocenters. The first-order chi connectivity index (χ1) is 12.6. The van der Waals surface area contributed by atoms with Crippen LogP contribution in [-0.4, -0.2) is 54.9 Å². The molecule has 27 heavy (non-hydrogen) atoms. The molecule has 0 aliphatic carbocycles. The third-order valence-electron chi connectivity index (χ3n) is 3.70. The summed E-state index contributed by atoms with van der Waals surface area (Å²) in [4.78, 5) is 32.8. The zero-order valence-corrected chi connectivity index (χ0v) is 14.6. The highest BCUT2D eigenvalue weighted by Crippen LogP contribution is 2.13. The Kier molecular flexibility index (Phi) is 8.73. The Morgan fingerprint density at radius 1 is 1.30 bits per heavy atom. The van der Waals surface area contributed by atoms with Crippen LogP contribution in [0.25, 0.3) is 0 Å². The molecule has 0 aromatic heterocycles. The van der Waals surface area contributed by atoms with Gasteiger partial charge in [-0.2, -0.15) is 13.2 Å². The molecule has 1 heterocycles. The Morgan fingerprint density at radius 2 is 1.89 bits per heavy atom. The van der Waals surface area contributed by atoms with Crippen LogP contribution in [0.1, 0.15) is 18.4 Å². The molecule has 3 N–H and O–H groups in total. The lowest BCUT2D eigenvalue weighted by molar-refractivity contribution is -0.192. The van der Waals surface area contributed by atoms with E-state index in [4.69, 9.17) is 14.6 Å². The molecule has 0 saturated carbocycles. The predicted octanol–water partition coefficient (Wildman–Crippen LogP) is 1.27. The van der Waals surface area contributed by atoms with E-state index in [1.54, 1.807) is 0 Å². The van der Waals surface area contributed by atoms with Crippen LogP contribution in [-0.2, 0) is 25.5 Å². The smallest absolute Gasteiger partial charge is 0.475 e. The Balaban J connectivity index is 0.000000445. The van der Waals surface area contributed by atoms with Crippen LogP contribution >= 0.6 is 0 Å². The maximum atomic E-state index is 12.1. The molecule has 7 nitrogen and oxygen atoms in total. The van der Waals surface area contributed by atoms with E-state index in [0.29, 0.717) is 6.42 Å². The van der Waals surface area contributed by atoms with Gasteiger partial charge in [-0.3, -0.25) is 4.79 Å². The van der Waals surface area contributed by atoms with E-state index < -0.39 is 24.2 Å². The van der Waals surface area contributed by atoms with Gasteiger partial charge in [0.15, 0.2) is 0 Å². The monoisotopic (exact) mass is 390 g/mol. The normalized spacial score (nSPS) is 17.3. The van der Waals surface area contributed by atoms with Crippen LogP contribution < -0.4 is 10.6 Å². The summed E-state index contributed by atoms with van der Waals surface area (Å²) in [7, 11) is 1.33. The highest BCUT2D eigenvalue weighted by molar-refractivity contribution is 5.87. The first-order valence-electron chi connectivity index (χ1n) is 8.10. The third kappa shape index (κ3) is 8.07. The van der Waals surface area contributed by atoms with Gasteiger partial charge < -0.3 is 20.5 Å². The highest BCUT2D eigenvalue weighted by atomic mass is 19.4. The summed E-state index contributed by atoms with van der Waals surface area (Å²) >= 11 is 0. The molecule has 1 saturated heterocycles. The van der Waals surface area contributed by atoms with Gasteiger partial charge in [0.25, 0.3) is 0 Å². The Morgan fingerprint density at radius 3 is 2.33 bits per heavy atom. The summed E-state index contributed by atoms with van der Waals surface area (Å²) in [5, 5.41) is 13.0. The van der Waals surface area contributed by atoms with Crippen molar-refractivity contribution in [3.8, 4) is 0 Å². The molecule has 150 valence electrons. The summed E-state index contributed by atoms with van der Waals surface area (Å²) in [6.45, 7) is 0.847. The molecular weight excluding hydrogens is 369 g/mol. The first-order valence-corrected chi connectivity index (χ1v) is 8.10. The number of benzene rings is 1. The number of methoxy groups -OCH3 is 1. The number of amides is 1. The van der Waals surface area contributed by atoms with Crippen LogP contribution in [0.15, 0.2) is 30.3 Å². The number of alkyl halides is 3.